The van der Waals surface area contributed by atoms with Crippen molar-refractivity contribution in [2.75, 3.05) is 25.6 Å². The molecule has 16 heavy (non-hydrogen) atoms. The topological polar surface area (TPSA) is 42.4 Å². The summed E-state index contributed by atoms with van der Waals surface area (Å²) >= 11 is 0. The normalized spacial score (nSPS) is 9.94. The van der Waals surface area contributed by atoms with Crippen LogP contribution in [0, 0.1) is 6.92 Å². The second-order valence-corrected chi connectivity index (χ2v) is 3.75. The van der Waals surface area contributed by atoms with Crippen LogP contribution in [0.25, 0.3) is 0 Å². The molecular formula is C12H18N2O2. The molecule has 0 saturated carbocycles. The van der Waals surface area contributed by atoms with Crippen molar-refractivity contribution in [3.8, 4) is 0 Å². The molecule has 4 heteroatoms. The third-order valence-electron chi connectivity index (χ3n) is 2.45. The summed E-state index contributed by atoms with van der Waals surface area (Å²) in [6, 6.07) is 3.94. The van der Waals surface area contributed by atoms with E-state index >= 15 is 0 Å². The Morgan fingerprint density at radius 1 is 1.56 bits per heavy atom. The van der Waals surface area contributed by atoms with Crippen molar-refractivity contribution in [1.29, 1.82) is 0 Å². The zero-order chi connectivity index (χ0) is 12.0. The van der Waals surface area contributed by atoms with Gasteiger partial charge in [0.2, 0.25) is 0 Å². The van der Waals surface area contributed by atoms with Gasteiger partial charge in [0.25, 0.3) is 0 Å². The summed E-state index contributed by atoms with van der Waals surface area (Å²) in [5, 5.41) is 0. The molecule has 0 radical (unpaired) electrons. The lowest BCUT2D eigenvalue weighted by Gasteiger charge is -2.19. The van der Waals surface area contributed by atoms with Crippen LogP contribution < -0.4 is 4.90 Å². The molecule has 88 valence electrons. The molecule has 1 aromatic rings. The van der Waals surface area contributed by atoms with Crippen LogP contribution in [0.1, 0.15) is 18.4 Å². The highest BCUT2D eigenvalue weighted by Gasteiger charge is 2.06. The van der Waals surface area contributed by atoms with Gasteiger partial charge in [-0.3, -0.25) is 4.79 Å². The summed E-state index contributed by atoms with van der Waals surface area (Å²) in [6.45, 7) is 2.83. The first-order valence-electron chi connectivity index (χ1n) is 5.34. The van der Waals surface area contributed by atoms with Gasteiger partial charge in [0.15, 0.2) is 0 Å². The van der Waals surface area contributed by atoms with Gasteiger partial charge in [-0.25, -0.2) is 4.98 Å². The summed E-state index contributed by atoms with van der Waals surface area (Å²) in [5.41, 5.74) is 1.14. The number of aryl methyl sites for hydroxylation is 1. The van der Waals surface area contributed by atoms with Gasteiger partial charge >= 0.3 is 5.97 Å². The number of hydrogen-bond donors (Lipinski definition) is 0. The number of ether oxygens (including phenoxy) is 1. The Hall–Kier alpha value is -1.58. The molecule has 0 fully saturated rings. The number of nitrogens with zero attached hydrogens (tertiary/aromatic N) is 2. The van der Waals surface area contributed by atoms with E-state index in [0.29, 0.717) is 6.42 Å². The van der Waals surface area contributed by atoms with Gasteiger partial charge in [0, 0.05) is 26.2 Å². The molecule has 0 aliphatic rings. The maximum absolute atomic E-state index is 10.9. The predicted octanol–water partition coefficient (Wildman–Crippen LogP) is 1.78. The highest BCUT2D eigenvalue weighted by atomic mass is 16.5. The quantitative estimate of drug-likeness (QED) is 0.712. The van der Waals surface area contributed by atoms with Crippen LogP contribution in [-0.2, 0) is 9.53 Å². The van der Waals surface area contributed by atoms with E-state index in [1.165, 1.54) is 7.11 Å². The van der Waals surface area contributed by atoms with E-state index in [-0.39, 0.29) is 5.97 Å². The van der Waals surface area contributed by atoms with E-state index in [1.54, 1.807) is 6.20 Å². The highest BCUT2D eigenvalue weighted by molar-refractivity contribution is 5.69. The first-order chi connectivity index (χ1) is 7.65. The fraction of sp³-hybridized carbons (Fsp3) is 0.500. The third kappa shape index (κ3) is 3.53. The minimum Gasteiger partial charge on any atom is -0.469 e. The minimum absolute atomic E-state index is 0.161. The van der Waals surface area contributed by atoms with Gasteiger partial charge in [-0.1, -0.05) is 6.07 Å². The molecule has 1 rings (SSSR count). The summed E-state index contributed by atoms with van der Waals surface area (Å²) < 4.78 is 4.59. The third-order valence-corrected chi connectivity index (χ3v) is 2.45. The molecule has 0 spiro atoms. The lowest BCUT2D eigenvalue weighted by atomic mass is 10.2. The van der Waals surface area contributed by atoms with Gasteiger partial charge in [-0.05, 0) is 25.0 Å². The van der Waals surface area contributed by atoms with Crippen LogP contribution in [0.15, 0.2) is 18.3 Å². The smallest absolute Gasteiger partial charge is 0.305 e. The summed E-state index contributed by atoms with van der Waals surface area (Å²) in [7, 11) is 3.39. The van der Waals surface area contributed by atoms with Crippen molar-refractivity contribution < 1.29 is 9.53 Å². The number of aromatic nitrogens is 1. The Labute approximate surface area is 96.2 Å². The lowest BCUT2D eigenvalue weighted by Crippen LogP contribution is -2.21. The summed E-state index contributed by atoms with van der Waals surface area (Å²) in [5.74, 6) is 0.804. The summed E-state index contributed by atoms with van der Waals surface area (Å²) in [4.78, 5) is 17.3. The fourth-order valence-corrected chi connectivity index (χ4v) is 1.55. The molecule has 0 amide bonds. The predicted molar refractivity (Wildman–Crippen MR) is 63.5 cm³/mol. The molecule has 0 atom stereocenters. The number of carbonyl (C=O) groups excluding carboxylic acids is 1. The van der Waals surface area contributed by atoms with Crippen LogP contribution in [0.3, 0.4) is 0 Å². The van der Waals surface area contributed by atoms with Crippen LogP contribution in [-0.4, -0.2) is 31.7 Å². The van der Waals surface area contributed by atoms with Gasteiger partial charge in [-0.15, -0.1) is 0 Å². The second-order valence-electron chi connectivity index (χ2n) is 3.75. The van der Waals surface area contributed by atoms with Gasteiger partial charge in [-0.2, -0.15) is 0 Å². The number of methoxy groups -OCH3 is 1. The van der Waals surface area contributed by atoms with Crippen molar-refractivity contribution >= 4 is 11.8 Å². The Bertz CT molecular complexity index is 353. The van der Waals surface area contributed by atoms with Crippen molar-refractivity contribution in [3.05, 3.63) is 23.9 Å². The van der Waals surface area contributed by atoms with Crippen molar-refractivity contribution in [3.63, 3.8) is 0 Å². The van der Waals surface area contributed by atoms with Crippen LogP contribution in [0.2, 0.25) is 0 Å². The van der Waals surface area contributed by atoms with E-state index in [1.807, 2.05) is 26.1 Å². The molecule has 0 bridgehead atoms. The van der Waals surface area contributed by atoms with E-state index < -0.39 is 0 Å². The van der Waals surface area contributed by atoms with E-state index in [0.717, 1.165) is 24.3 Å². The number of anilines is 1. The Morgan fingerprint density at radius 2 is 2.31 bits per heavy atom. The second kappa shape index (κ2) is 6.10. The molecule has 1 aromatic heterocycles. The molecule has 0 unspecified atom stereocenters. The molecule has 0 N–H and O–H groups in total. The van der Waals surface area contributed by atoms with Crippen LogP contribution in [0.5, 0.6) is 0 Å². The number of rotatable bonds is 5. The van der Waals surface area contributed by atoms with Crippen molar-refractivity contribution in [2.24, 2.45) is 0 Å². The van der Waals surface area contributed by atoms with Crippen LogP contribution >= 0.6 is 0 Å². The molecule has 1 heterocycles. The zero-order valence-electron chi connectivity index (χ0n) is 10.1. The minimum atomic E-state index is -0.161. The molecule has 0 aromatic carbocycles. The fourth-order valence-electron chi connectivity index (χ4n) is 1.55. The number of esters is 1. The molecular weight excluding hydrogens is 204 g/mol. The van der Waals surface area contributed by atoms with Crippen LogP contribution in [0.4, 0.5) is 5.82 Å². The van der Waals surface area contributed by atoms with Crippen molar-refractivity contribution in [2.45, 2.75) is 19.8 Å². The van der Waals surface area contributed by atoms with E-state index in [2.05, 4.69) is 14.6 Å². The van der Waals surface area contributed by atoms with Crippen molar-refractivity contribution in [1.82, 2.24) is 4.98 Å². The molecule has 4 nitrogen and oxygen atoms in total. The summed E-state index contributed by atoms with van der Waals surface area (Å²) in [6.07, 6.45) is 3.01. The standard InChI is InChI=1S/C12H18N2O2/c1-10-6-4-8-13-12(10)14(2)9-5-7-11(15)16-3/h4,6,8H,5,7,9H2,1-3H3. The average Bonchev–Trinajstić information content (AvgIpc) is 2.29. The first-order valence-corrected chi connectivity index (χ1v) is 5.34. The number of pyridine rings is 1. The van der Waals surface area contributed by atoms with E-state index in [4.69, 9.17) is 0 Å². The van der Waals surface area contributed by atoms with Gasteiger partial charge in [0.05, 0.1) is 7.11 Å². The SMILES string of the molecule is COC(=O)CCCN(C)c1ncccc1C. The monoisotopic (exact) mass is 222 g/mol. The van der Waals surface area contributed by atoms with Gasteiger partial charge < -0.3 is 9.64 Å². The maximum Gasteiger partial charge on any atom is 0.305 e. The molecule has 0 saturated heterocycles. The molecule has 0 aliphatic carbocycles. The zero-order valence-corrected chi connectivity index (χ0v) is 10.1. The highest BCUT2D eigenvalue weighted by Crippen LogP contribution is 2.14. The Balaban J connectivity index is 2.44. The maximum atomic E-state index is 10.9. The van der Waals surface area contributed by atoms with E-state index in [9.17, 15) is 4.79 Å². The number of hydrogen-bond acceptors (Lipinski definition) is 4. The largest absolute Gasteiger partial charge is 0.469 e. The van der Waals surface area contributed by atoms with Gasteiger partial charge in [0.1, 0.15) is 5.82 Å². The number of carbonyl (C=O) groups is 1. The lowest BCUT2D eigenvalue weighted by molar-refractivity contribution is -0.140. The first kappa shape index (κ1) is 12.5. The molecule has 0 aliphatic heterocycles. The Kier molecular flexibility index (Phi) is 4.76. The Morgan fingerprint density at radius 3 is 2.94 bits per heavy atom. The average molecular weight is 222 g/mol.